The topological polar surface area (TPSA) is 41.9 Å². The number of nitrogens with zero attached hydrogens (tertiary/aromatic N) is 2. The molecule has 4 heteroatoms. The molecule has 0 amide bonds. The number of ether oxygens (including phenoxy) is 1. The SMILES string of the molecule is CCCN(CCC)c1ccc(C=C2N=C(c3ccc(C)cc3)OC2=O)cc1. The fourth-order valence-electron chi connectivity index (χ4n) is 3.08. The Balaban J connectivity index is 1.79. The molecule has 0 atom stereocenters. The number of aliphatic imine (C=N–C) groups is 1. The third-order valence-corrected chi connectivity index (χ3v) is 4.47. The number of aryl methyl sites for hydroxylation is 1. The van der Waals surface area contributed by atoms with Crippen LogP contribution in [0.4, 0.5) is 5.69 Å². The van der Waals surface area contributed by atoms with Crippen molar-refractivity contribution in [3.63, 3.8) is 0 Å². The summed E-state index contributed by atoms with van der Waals surface area (Å²) in [5, 5.41) is 0. The second-order valence-electron chi connectivity index (χ2n) is 6.78. The maximum atomic E-state index is 12.2. The number of anilines is 1. The molecule has 0 saturated carbocycles. The number of esters is 1. The van der Waals surface area contributed by atoms with Gasteiger partial charge >= 0.3 is 5.97 Å². The van der Waals surface area contributed by atoms with Crippen molar-refractivity contribution in [1.82, 2.24) is 0 Å². The molecule has 1 heterocycles. The van der Waals surface area contributed by atoms with E-state index in [1.54, 1.807) is 6.08 Å². The Morgan fingerprint density at radius 2 is 1.59 bits per heavy atom. The molecule has 0 aromatic heterocycles. The summed E-state index contributed by atoms with van der Waals surface area (Å²) in [5.41, 5.74) is 4.44. The van der Waals surface area contributed by atoms with E-state index < -0.39 is 5.97 Å². The van der Waals surface area contributed by atoms with Crippen LogP contribution in [0.2, 0.25) is 0 Å². The van der Waals surface area contributed by atoms with E-state index in [9.17, 15) is 4.79 Å². The summed E-state index contributed by atoms with van der Waals surface area (Å²) in [6.45, 7) is 8.49. The minimum absolute atomic E-state index is 0.331. The standard InChI is InChI=1S/C23H26N2O2/c1-4-14-25(15-5-2)20-12-8-18(9-13-20)16-21-23(26)27-22(24-21)19-10-6-17(3)7-11-19/h6-13,16H,4-5,14-15H2,1-3H3. The van der Waals surface area contributed by atoms with Crippen LogP contribution < -0.4 is 4.90 Å². The predicted molar refractivity (Wildman–Crippen MR) is 111 cm³/mol. The number of cyclic esters (lactones) is 1. The lowest BCUT2D eigenvalue weighted by atomic mass is 10.1. The Kier molecular flexibility index (Phi) is 6.07. The zero-order valence-electron chi connectivity index (χ0n) is 16.2. The molecule has 0 N–H and O–H groups in total. The van der Waals surface area contributed by atoms with Crippen LogP contribution in [0.15, 0.2) is 59.2 Å². The molecule has 0 spiro atoms. The van der Waals surface area contributed by atoms with Crippen LogP contribution in [0.5, 0.6) is 0 Å². The molecule has 0 unspecified atom stereocenters. The van der Waals surface area contributed by atoms with Crippen molar-refractivity contribution in [2.45, 2.75) is 33.6 Å². The maximum absolute atomic E-state index is 12.2. The van der Waals surface area contributed by atoms with E-state index in [0.717, 1.165) is 42.6 Å². The van der Waals surface area contributed by atoms with Gasteiger partial charge in [0.05, 0.1) is 0 Å². The first-order chi connectivity index (χ1) is 13.1. The molecule has 4 nitrogen and oxygen atoms in total. The first-order valence-corrected chi connectivity index (χ1v) is 9.55. The Morgan fingerprint density at radius 1 is 0.963 bits per heavy atom. The van der Waals surface area contributed by atoms with E-state index in [-0.39, 0.29) is 0 Å². The molecule has 0 fully saturated rings. The van der Waals surface area contributed by atoms with Crippen LogP contribution >= 0.6 is 0 Å². The number of hydrogen-bond acceptors (Lipinski definition) is 4. The third-order valence-electron chi connectivity index (χ3n) is 4.47. The molecule has 1 aliphatic heterocycles. The first kappa shape index (κ1) is 18.9. The Hall–Kier alpha value is -2.88. The van der Waals surface area contributed by atoms with E-state index in [1.165, 1.54) is 5.69 Å². The summed E-state index contributed by atoms with van der Waals surface area (Å²) in [6, 6.07) is 16.0. The highest BCUT2D eigenvalue weighted by Gasteiger charge is 2.24. The minimum Gasteiger partial charge on any atom is -0.402 e. The third kappa shape index (κ3) is 4.64. The van der Waals surface area contributed by atoms with Gasteiger partial charge in [0.15, 0.2) is 5.70 Å². The van der Waals surface area contributed by atoms with Gasteiger partial charge < -0.3 is 9.64 Å². The van der Waals surface area contributed by atoms with Gasteiger partial charge in [-0.15, -0.1) is 0 Å². The highest BCUT2D eigenvalue weighted by Crippen LogP contribution is 2.22. The molecule has 3 rings (SSSR count). The van der Waals surface area contributed by atoms with Gasteiger partial charge in [0.25, 0.3) is 0 Å². The Labute approximate surface area is 161 Å². The fraction of sp³-hybridized carbons (Fsp3) is 0.304. The predicted octanol–water partition coefficient (Wildman–Crippen LogP) is 4.97. The number of carbonyl (C=O) groups excluding carboxylic acids is 1. The van der Waals surface area contributed by atoms with Crippen molar-refractivity contribution in [2.24, 2.45) is 4.99 Å². The lowest BCUT2D eigenvalue weighted by molar-refractivity contribution is -0.129. The molecule has 0 bridgehead atoms. The maximum Gasteiger partial charge on any atom is 0.363 e. The van der Waals surface area contributed by atoms with Crippen LogP contribution in [0.25, 0.3) is 6.08 Å². The van der Waals surface area contributed by atoms with Gasteiger partial charge in [-0.1, -0.05) is 43.7 Å². The van der Waals surface area contributed by atoms with Crippen LogP contribution in [0.3, 0.4) is 0 Å². The lowest BCUT2D eigenvalue weighted by Gasteiger charge is -2.23. The molecule has 2 aromatic carbocycles. The van der Waals surface area contributed by atoms with Gasteiger partial charge in [-0.05, 0) is 55.7 Å². The summed E-state index contributed by atoms with van der Waals surface area (Å²) in [7, 11) is 0. The van der Waals surface area contributed by atoms with Crippen molar-refractivity contribution >= 4 is 23.6 Å². The van der Waals surface area contributed by atoms with Gasteiger partial charge in [0, 0.05) is 24.3 Å². The Morgan fingerprint density at radius 3 is 2.19 bits per heavy atom. The highest BCUT2D eigenvalue weighted by atomic mass is 16.6. The summed E-state index contributed by atoms with van der Waals surface area (Å²) < 4.78 is 5.33. The number of rotatable bonds is 7. The quantitative estimate of drug-likeness (QED) is 0.516. The van der Waals surface area contributed by atoms with Crippen molar-refractivity contribution in [2.75, 3.05) is 18.0 Å². The fourth-order valence-corrected chi connectivity index (χ4v) is 3.08. The first-order valence-electron chi connectivity index (χ1n) is 9.55. The summed E-state index contributed by atoms with van der Waals surface area (Å²) in [5.74, 6) is -0.0480. The zero-order chi connectivity index (χ0) is 19.2. The van der Waals surface area contributed by atoms with Gasteiger partial charge in [-0.2, -0.15) is 0 Å². The zero-order valence-corrected chi connectivity index (χ0v) is 16.2. The smallest absolute Gasteiger partial charge is 0.363 e. The molecular weight excluding hydrogens is 336 g/mol. The van der Waals surface area contributed by atoms with Crippen LogP contribution in [-0.4, -0.2) is 25.0 Å². The van der Waals surface area contributed by atoms with Crippen molar-refractivity contribution < 1.29 is 9.53 Å². The molecule has 27 heavy (non-hydrogen) atoms. The number of benzene rings is 2. The van der Waals surface area contributed by atoms with E-state index in [1.807, 2.05) is 43.3 Å². The van der Waals surface area contributed by atoms with E-state index in [4.69, 9.17) is 4.74 Å². The monoisotopic (exact) mass is 362 g/mol. The normalized spacial score (nSPS) is 15.0. The average molecular weight is 362 g/mol. The summed E-state index contributed by atoms with van der Waals surface area (Å²) >= 11 is 0. The molecule has 140 valence electrons. The van der Waals surface area contributed by atoms with Gasteiger partial charge in [-0.3, -0.25) is 0 Å². The van der Waals surface area contributed by atoms with Crippen molar-refractivity contribution in [3.8, 4) is 0 Å². The van der Waals surface area contributed by atoms with Gasteiger partial charge in [0.1, 0.15) is 0 Å². The molecular formula is C23H26N2O2. The lowest BCUT2D eigenvalue weighted by Crippen LogP contribution is -2.24. The molecule has 1 aliphatic rings. The van der Waals surface area contributed by atoms with Crippen LogP contribution in [0.1, 0.15) is 43.4 Å². The molecule has 0 radical (unpaired) electrons. The molecule has 0 saturated heterocycles. The largest absolute Gasteiger partial charge is 0.402 e. The number of carbonyl (C=O) groups is 1. The Bertz CT molecular complexity index is 843. The van der Waals surface area contributed by atoms with E-state index in [0.29, 0.717) is 11.6 Å². The highest BCUT2D eigenvalue weighted by molar-refractivity contribution is 6.12. The van der Waals surface area contributed by atoms with Crippen LogP contribution in [-0.2, 0) is 9.53 Å². The van der Waals surface area contributed by atoms with Gasteiger partial charge in [-0.25, -0.2) is 9.79 Å². The summed E-state index contributed by atoms with van der Waals surface area (Å²) in [6.07, 6.45) is 4.01. The van der Waals surface area contributed by atoms with E-state index >= 15 is 0 Å². The van der Waals surface area contributed by atoms with E-state index in [2.05, 4.69) is 35.9 Å². The average Bonchev–Trinajstić information content (AvgIpc) is 3.03. The van der Waals surface area contributed by atoms with Crippen molar-refractivity contribution in [3.05, 3.63) is 70.9 Å². The summed E-state index contributed by atoms with van der Waals surface area (Å²) in [4.78, 5) is 18.9. The molecule has 0 aliphatic carbocycles. The van der Waals surface area contributed by atoms with Crippen molar-refractivity contribution in [1.29, 1.82) is 0 Å². The second kappa shape index (κ2) is 8.67. The number of hydrogen-bond donors (Lipinski definition) is 0. The molecule has 2 aromatic rings. The van der Waals surface area contributed by atoms with Gasteiger partial charge in [0.2, 0.25) is 5.90 Å². The minimum atomic E-state index is -0.409. The van der Waals surface area contributed by atoms with Crippen LogP contribution in [0, 0.1) is 6.92 Å². The second-order valence-corrected chi connectivity index (χ2v) is 6.78.